The predicted octanol–water partition coefficient (Wildman–Crippen LogP) is 3.62. The highest BCUT2D eigenvalue weighted by Crippen LogP contribution is 2.32. The topological polar surface area (TPSA) is 58.5 Å². The third-order valence-corrected chi connectivity index (χ3v) is 4.45. The van der Waals surface area contributed by atoms with E-state index in [2.05, 4.69) is 23.7 Å². The van der Waals surface area contributed by atoms with Gasteiger partial charge in [-0.2, -0.15) is 0 Å². The smallest absolute Gasteiger partial charge is 0.165 e. The quantitative estimate of drug-likeness (QED) is 0.775. The van der Waals surface area contributed by atoms with E-state index in [1.54, 1.807) is 12.1 Å². The molecule has 1 aliphatic rings. The first-order valence-corrected chi connectivity index (χ1v) is 8.57. The number of rotatable bonds is 2. The molecule has 1 saturated heterocycles. The molecule has 0 bridgehead atoms. The van der Waals surface area contributed by atoms with Crippen LogP contribution in [0.3, 0.4) is 0 Å². The van der Waals surface area contributed by atoms with Gasteiger partial charge in [0.2, 0.25) is 0 Å². The Kier molecular flexibility index (Phi) is 4.01. The number of hydrogen-bond donors (Lipinski definition) is 1. The minimum absolute atomic E-state index is 0.144. The van der Waals surface area contributed by atoms with Crippen LogP contribution in [0.4, 0.5) is 5.82 Å². The van der Waals surface area contributed by atoms with Crippen molar-refractivity contribution in [3.63, 3.8) is 0 Å². The Labute approximate surface area is 146 Å². The van der Waals surface area contributed by atoms with Crippen molar-refractivity contribution < 1.29 is 9.84 Å². The van der Waals surface area contributed by atoms with E-state index in [1.165, 1.54) is 0 Å². The molecule has 0 unspecified atom stereocenters. The Hall–Kier alpha value is -2.66. The number of nitrogens with zero attached hydrogens (tertiary/aromatic N) is 3. The number of phenolic OH excluding ortho intramolecular Hbond substituents is 1. The minimum Gasteiger partial charge on any atom is -0.507 e. The lowest BCUT2D eigenvalue weighted by molar-refractivity contribution is -0.00536. The van der Waals surface area contributed by atoms with E-state index in [9.17, 15) is 5.11 Å². The zero-order chi connectivity index (χ0) is 17.4. The van der Waals surface area contributed by atoms with Crippen LogP contribution in [-0.2, 0) is 4.74 Å². The van der Waals surface area contributed by atoms with Crippen molar-refractivity contribution in [2.75, 3.05) is 18.0 Å². The van der Waals surface area contributed by atoms with Gasteiger partial charge in [0.25, 0.3) is 0 Å². The highest BCUT2D eigenvalue weighted by atomic mass is 16.5. The number of benzene rings is 2. The van der Waals surface area contributed by atoms with Crippen LogP contribution in [0.25, 0.3) is 22.3 Å². The third kappa shape index (κ3) is 3.03. The van der Waals surface area contributed by atoms with E-state index < -0.39 is 0 Å². The van der Waals surface area contributed by atoms with Crippen molar-refractivity contribution in [2.24, 2.45) is 0 Å². The van der Waals surface area contributed by atoms with Crippen LogP contribution in [-0.4, -0.2) is 40.4 Å². The van der Waals surface area contributed by atoms with E-state index in [0.717, 1.165) is 29.8 Å². The molecule has 0 aliphatic carbocycles. The summed E-state index contributed by atoms with van der Waals surface area (Å²) in [6.07, 6.45) is 0.289. The second-order valence-corrected chi connectivity index (χ2v) is 6.57. The summed E-state index contributed by atoms with van der Waals surface area (Å²) in [5, 5.41) is 11.2. The van der Waals surface area contributed by atoms with Crippen LogP contribution in [0.2, 0.25) is 0 Å². The number of aromatic nitrogens is 2. The fourth-order valence-corrected chi connectivity index (χ4v) is 3.43. The summed E-state index contributed by atoms with van der Waals surface area (Å²) < 4.78 is 5.86. The molecule has 1 aliphatic heterocycles. The maximum Gasteiger partial charge on any atom is 0.165 e. The van der Waals surface area contributed by atoms with E-state index in [0.29, 0.717) is 11.4 Å². The molecule has 3 aromatic rings. The number of fused-ring (bicyclic) bond motifs is 1. The average Bonchev–Trinajstić information content (AvgIpc) is 2.60. The van der Waals surface area contributed by atoms with Crippen molar-refractivity contribution in [3.8, 4) is 17.1 Å². The van der Waals surface area contributed by atoms with Gasteiger partial charge in [-0.15, -0.1) is 0 Å². The zero-order valence-corrected chi connectivity index (χ0v) is 14.4. The Morgan fingerprint density at radius 3 is 2.40 bits per heavy atom. The van der Waals surface area contributed by atoms with E-state index in [1.807, 2.05) is 36.4 Å². The van der Waals surface area contributed by atoms with Crippen LogP contribution < -0.4 is 4.90 Å². The van der Waals surface area contributed by atoms with Gasteiger partial charge in [-0.25, -0.2) is 9.97 Å². The molecule has 1 N–H and O–H groups in total. The van der Waals surface area contributed by atoms with Crippen molar-refractivity contribution in [3.05, 3.63) is 48.5 Å². The molecule has 128 valence electrons. The normalized spacial score (nSPS) is 20.8. The van der Waals surface area contributed by atoms with Crippen LogP contribution in [0.5, 0.6) is 5.75 Å². The highest BCUT2D eigenvalue weighted by molar-refractivity contribution is 5.91. The molecule has 2 aromatic carbocycles. The van der Waals surface area contributed by atoms with Gasteiger partial charge in [0.15, 0.2) is 5.82 Å². The SMILES string of the molecule is C[C@H]1CN(c2nc(-c3ccccc3O)nc3ccccc23)C[C@H](C)O1. The molecule has 1 fully saturated rings. The fraction of sp³-hybridized carbons (Fsp3) is 0.300. The fourth-order valence-electron chi connectivity index (χ4n) is 3.43. The lowest BCUT2D eigenvalue weighted by Crippen LogP contribution is -2.46. The number of aromatic hydroxyl groups is 1. The number of anilines is 1. The van der Waals surface area contributed by atoms with Crippen molar-refractivity contribution in [1.29, 1.82) is 0 Å². The first kappa shape index (κ1) is 15.8. The van der Waals surface area contributed by atoms with Gasteiger partial charge >= 0.3 is 0 Å². The Bertz CT molecular complexity index is 902. The van der Waals surface area contributed by atoms with Crippen LogP contribution in [0, 0.1) is 0 Å². The number of ether oxygens (including phenoxy) is 1. The van der Waals surface area contributed by atoms with Gasteiger partial charge in [0, 0.05) is 18.5 Å². The molecule has 2 atom stereocenters. The van der Waals surface area contributed by atoms with Gasteiger partial charge in [-0.05, 0) is 38.1 Å². The maximum absolute atomic E-state index is 10.2. The predicted molar refractivity (Wildman–Crippen MR) is 98.9 cm³/mol. The molecule has 0 saturated carbocycles. The van der Waals surface area contributed by atoms with Gasteiger partial charge in [-0.3, -0.25) is 0 Å². The second-order valence-electron chi connectivity index (χ2n) is 6.57. The summed E-state index contributed by atoms with van der Waals surface area (Å²) in [7, 11) is 0. The molecule has 5 nitrogen and oxygen atoms in total. The Morgan fingerprint density at radius 2 is 1.64 bits per heavy atom. The van der Waals surface area contributed by atoms with Crippen LogP contribution in [0.15, 0.2) is 48.5 Å². The molecular formula is C20H21N3O2. The molecular weight excluding hydrogens is 314 g/mol. The highest BCUT2D eigenvalue weighted by Gasteiger charge is 2.25. The van der Waals surface area contributed by atoms with Crippen LogP contribution >= 0.6 is 0 Å². The number of hydrogen-bond acceptors (Lipinski definition) is 5. The summed E-state index contributed by atoms with van der Waals surface area (Å²) in [6.45, 7) is 5.73. The number of morpholine rings is 1. The summed E-state index contributed by atoms with van der Waals surface area (Å²) in [5.74, 6) is 1.62. The Morgan fingerprint density at radius 1 is 0.960 bits per heavy atom. The first-order chi connectivity index (χ1) is 12.1. The van der Waals surface area contributed by atoms with Crippen molar-refractivity contribution >= 4 is 16.7 Å². The number of phenols is 1. The zero-order valence-electron chi connectivity index (χ0n) is 14.4. The molecule has 0 amide bonds. The molecule has 0 spiro atoms. The van der Waals surface area contributed by atoms with E-state index in [-0.39, 0.29) is 18.0 Å². The standard InChI is InChI=1S/C20H21N3O2/c1-13-11-23(12-14(2)25-13)20-15-7-3-5-9-17(15)21-19(22-20)16-8-4-6-10-18(16)24/h3-10,13-14,24H,11-12H2,1-2H3/t13-,14-/m0/s1. The van der Waals surface area contributed by atoms with Crippen molar-refractivity contribution in [1.82, 2.24) is 9.97 Å². The first-order valence-electron chi connectivity index (χ1n) is 8.57. The van der Waals surface area contributed by atoms with Gasteiger partial charge < -0.3 is 14.7 Å². The largest absolute Gasteiger partial charge is 0.507 e. The van der Waals surface area contributed by atoms with E-state index in [4.69, 9.17) is 9.72 Å². The summed E-state index contributed by atoms with van der Waals surface area (Å²) >= 11 is 0. The van der Waals surface area contributed by atoms with Crippen molar-refractivity contribution in [2.45, 2.75) is 26.1 Å². The third-order valence-electron chi connectivity index (χ3n) is 4.45. The summed E-state index contributed by atoms with van der Waals surface area (Å²) in [4.78, 5) is 11.8. The summed E-state index contributed by atoms with van der Waals surface area (Å²) in [6, 6.07) is 15.2. The molecule has 1 aromatic heterocycles. The summed E-state index contributed by atoms with van der Waals surface area (Å²) in [5.41, 5.74) is 1.52. The molecule has 2 heterocycles. The minimum atomic E-state index is 0.144. The van der Waals surface area contributed by atoms with Crippen LogP contribution in [0.1, 0.15) is 13.8 Å². The number of para-hydroxylation sites is 2. The van der Waals surface area contributed by atoms with Gasteiger partial charge in [0.05, 0.1) is 23.3 Å². The lowest BCUT2D eigenvalue weighted by atomic mass is 10.1. The maximum atomic E-state index is 10.2. The Balaban J connectivity index is 1.89. The molecule has 25 heavy (non-hydrogen) atoms. The molecule has 5 heteroatoms. The average molecular weight is 335 g/mol. The van der Waals surface area contributed by atoms with Gasteiger partial charge in [0.1, 0.15) is 11.6 Å². The molecule has 4 rings (SSSR count). The lowest BCUT2D eigenvalue weighted by Gasteiger charge is -2.36. The monoisotopic (exact) mass is 335 g/mol. The molecule has 0 radical (unpaired) electrons. The van der Waals surface area contributed by atoms with E-state index >= 15 is 0 Å². The van der Waals surface area contributed by atoms with Gasteiger partial charge in [-0.1, -0.05) is 24.3 Å². The second kappa shape index (κ2) is 6.33.